The number of rotatable bonds is 7. The van der Waals surface area contributed by atoms with E-state index in [1.54, 1.807) is 0 Å². The van der Waals surface area contributed by atoms with Gasteiger partial charge in [0, 0.05) is 5.41 Å². The smallest absolute Gasteiger partial charge is 0.209 e. The highest BCUT2D eigenvalue weighted by Gasteiger charge is 2.32. The van der Waals surface area contributed by atoms with Crippen molar-refractivity contribution in [1.82, 2.24) is 0 Å². The maximum atomic E-state index is 11.4. The second kappa shape index (κ2) is 7.24. The van der Waals surface area contributed by atoms with Gasteiger partial charge >= 0.3 is 0 Å². The van der Waals surface area contributed by atoms with Crippen molar-refractivity contribution in [2.75, 3.05) is 12.4 Å². The molecule has 4 nitrogen and oxygen atoms in total. The first-order valence-electron chi connectivity index (χ1n) is 6.30. The number of nitrogens with two attached hydrogens (primary N) is 1. The molecule has 1 aromatic rings. The van der Waals surface area contributed by atoms with Crippen LogP contribution >= 0.6 is 31.9 Å². The van der Waals surface area contributed by atoms with Gasteiger partial charge < -0.3 is 4.74 Å². The lowest BCUT2D eigenvalue weighted by molar-refractivity contribution is 0.153. The zero-order valence-corrected chi connectivity index (χ0v) is 15.5. The van der Waals surface area contributed by atoms with Gasteiger partial charge in [0.05, 0.1) is 21.3 Å². The lowest BCUT2D eigenvalue weighted by Gasteiger charge is -2.30. The summed E-state index contributed by atoms with van der Waals surface area (Å²) < 4.78 is 30.3. The van der Waals surface area contributed by atoms with Gasteiger partial charge in [-0.2, -0.15) is 0 Å². The van der Waals surface area contributed by atoms with E-state index >= 15 is 0 Å². The predicted molar refractivity (Wildman–Crippen MR) is 88.3 cm³/mol. The van der Waals surface area contributed by atoms with E-state index in [2.05, 4.69) is 31.9 Å². The fraction of sp³-hybridized carbons (Fsp3) is 0.538. The zero-order valence-electron chi connectivity index (χ0n) is 11.5. The first-order valence-corrected chi connectivity index (χ1v) is 9.60. The Hall–Kier alpha value is -0.110. The second-order valence-corrected chi connectivity index (χ2v) is 8.18. The van der Waals surface area contributed by atoms with Crippen LogP contribution in [0.3, 0.4) is 0 Å². The minimum Gasteiger partial charge on any atom is -0.491 e. The first-order chi connectivity index (χ1) is 9.23. The summed E-state index contributed by atoms with van der Waals surface area (Å²) in [4.78, 5) is 0. The predicted octanol–water partition coefficient (Wildman–Crippen LogP) is 3.69. The third-order valence-electron chi connectivity index (χ3n) is 3.45. The molecule has 1 aromatic carbocycles. The van der Waals surface area contributed by atoms with Gasteiger partial charge in [-0.1, -0.05) is 19.9 Å². The van der Waals surface area contributed by atoms with Crippen LogP contribution in [-0.2, 0) is 10.0 Å². The molecule has 0 saturated carbocycles. The fourth-order valence-corrected chi connectivity index (χ4v) is 4.54. The molecule has 0 bridgehead atoms. The maximum Gasteiger partial charge on any atom is 0.209 e. The first kappa shape index (κ1) is 17.9. The summed E-state index contributed by atoms with van der Waals surface area (Å²) in [5.74, 6) is 0.600. The monoisotopic (exact) mass is 427 g/mol. The average molecular weight is 429 g/mol. The normalized spacial score (nSPS) is 12.4. The number of para-hydroxylation sites is 1. The molecule has 2 N–H and O–H groups in total. The largest absolute Gasteiger partial charge is 0.491 e. The number of halogens is 2. The van der Waals surface area contributed by atoms with E-state index in [1.807, 2.05) is 32.0 Å². The maximum absolute atomic E-state index is 11.4. The van der Waals surface area contributed by atoms with Crippen LogP contribution in [0.4, 0.5) is 0 Å². The molecule has 20 heavy (non-hydrogen) atoms. The second-order valence-electron chi connectivity index (χ2n) is 4.85. The molecule has 114 valence electrons. The van der Waals surface area contributed by atoms with E-state index in [9.17, 15) is 8.42 Å². The lowest BCUT2D eigenvalue weighted by Crippen LogP contribution is -2.37. The molecule has 0 aliphatic heterocycles. The molecule has 0 amide bonds. The van der Waals surface area contributed by atoms with Gasteiger partial charge in [-0.15, -0.1) is 0 Å². The molecule has 7 heteroatoms. The Kier molecular flexibility index (Phi) is 6.50. The molecule has 1 rings (SSSR count). The fourth-order valence-electron chi connectivity index (χ4n) is 1.97. The molecule has 0 aliphatic carbocycles. The number of primary sulfonamides is 1. The number of hydrogen-bond acceptors (Lipinski definition) is 3. The molecule has 0 spiro atoms. The Morgan fingerprint density at radius 2 is 1.70 bits per heavy atom. The molecule has 0 aromatic heterocycles. The number of benzene rings is 1. The summed E-state index contributed by atoms with van der Waals surface area (Å²) in [5.41, 5.74) is -0.470. The Balaban J connectivity index is 2.93. The van der Waals surface area contributed by atoms with Crippen LogP contribution in [0.2, 0.25) is 0 Å². The molecule has 0 radical (unpaired) electrons. The average Bonchev–Trinajstić information content (AvgIpc) is 2.35. The highest BCUT2D eigenvalue weighted by Crippen LogP contribution is 2.36. The van der Waals surface area contributed by atoms with Crippen molar-refractivity contribution in [1.29, 1.82) is 0 Å². The highest BCUT2D eigenvalue weighted by atomic mass is 79.9. The Labute approximate surface area is 137 Å². The number of ether oxygens (including phenoxy) is 1. The van der Waals surface area contributed by atoms with Crippen LogP contribution in [0.25, 0.3) is 0 Å². The van der Waals surface area contributed by atoms with Crippen LogP contribution in [0, 0.1) is 5.41 Å². The SMILES string of the molecule is CCC(CC)(COc1c(Br)cccc1Br)CS(N)(=O)=O. The van der Waals surface area contributed by atoms with Crippen molar-refractivity contribution >= 4 is 41.9 Å². The van der Waals surface area contributed by atoms with Crippen molar-refractivity contribution < 1.29 is 13.2 Å². The Morgan fingerprint density at radius 1 is 1.20 bits per heavy atom. The molecule has 0 saturated heterocycles. The van der Waals surface area contributed by atoms with Crippen LogP contribution in [0.15, 0.2) is 27.1 Å². The zero-order chi connectivity index (χ0) is 15.4. The van der Waals surface area contributed by atoms with E-state index in [0.29, 0.717) is 25.2 Å². The molecular formula is C13H19Br2NO3S. The quantitative estimate of drug-likeness (QED) is 0.719. The minimum atomic E-state index is -3.53. The van der Waals surface area contributed by atoms with Crippen molar-refractivity contribution in [3.05, 3.63) is 27.1 Å². The Morgan fingerprint density at radius 3 is 2.10 bits per heavy atom. The number of hydrogen-bond donors (Lipinski definition) is 1. The molecule has 0 atom stereocenters. The van der Waals surface area contributed by atoms with E-state index in [0.717, 1.165) is 8.95 Å². The topological polar surface area (TPSA) is 69.4 Å². The number of sulfonamides is 1. The summed E-state index contributed by atoms with van der Waals surface area (Å²) >= 11 is 6.84. The molecule has 0 unspecified atom stereocenters. The molecule has 0 aliphatic rings. The van der Waals surface area contributed by atoms with Crippen LogP contribution < -0.4 is 9.88 Å². The van der Waals surface area contributed by atoms with E-state index in [4.69, 9.17) is 9.88 Å². The minimum absolute atomic E-state index is 0.0743. The van der Waals surface area contributed by atoms with Gasteiger partial charge in [0.25, 0.3) is 0 Å². The van der Waals surface area contributed by atoms with Crippen LogP contribution in [0.1, 0.15) is 26.7 Å². The van der Waals surface area contributed by atoms with Crippen LogP contribution in [0.5, 0.6) is 5.75 Å². The summed E-state index contributed by atoms with van der Waals surface area (Å²) in [6.07, 6.45) is 1.37. The van der Waals surface area contributed by atoms with E-state index in [-0.39, 0.29) is 5.75 Å². The highest BCUT2D eigenvalue weighted by molar-refractivity contribution is 9.11. The summed E-state index contributed by atoms with van der Waals surface area (Å²) in [5, 5.41) is 5.20. The van der Waals surface area contributed by atoms with Gasteiger partial charge in [-0.3, -0.25) is 0 Å². The van der Waals surface area contributed by atoms with Crippen molar-refractivity contribution in [2.24, 2.45) is 10.6 Å². The van der Waals surface area contributed by atoms with Gasteiger partial charge in [0.1, 0.15) is 5.75 Å². The summed E-state index contributed by atoms with van der Waals surface area (Å²) in [6, 6.07) is 5.64. The summed E-state index contributed by atoms with van der Waals surface area (Å²) in [7, 11) is -3.53. The third kappa shape index (κ3) is 5.02. The molecule has 0 fully saturated rings. The Bertz CT molecular complexity index is 536. The third-order valence-corrected chi connectivity index (χ3v) is 5.71. The van der Waals surface area contributed by atoms with Crippen molar-refractivity contribution in [2.45, 2.75) is 26.7 Å². The van der Waals surface area contributed by atoms with Gasteiger partial charge in [0.2, 0.25) is 10.0 Å². The molecular weight excluding hydrogens is 410 g/mol. The van der Waals surface area contributed by atoms with Gasteiger partial charge in [-0.25, -0.2) is 13.6 Å². The standard InChI is InChI=1S/C13H19Br2NO3S/c1-3-13(4-2,9-20(16,17)18)8-19-12-10(14)6-5-7-11(12)15/h5-7H,3-4,8-9H2,1-2H3,(H2,16,17,18). The summed E-state index contributed by atoms with van der Waals surface area (Å²) in [6.45, 7) is 4.21. The van der Waals surface area contributed by atoms with Crippen LogP contribution in [-0.4, -0.2) is 20.8 Å². The lowest BCUT2D eigenvalue weighted by atomic mass is 9.85. The van der Waals surface area contributed by atoms with Gasteiger partial charge in [0.15, 0.2) is 0 Å². The van der Waals surface area contributed by atoms with Gasteiger partial charge in [-0.05, 0) is 56.8 Å². The van der Waals surface area contributed by atoms with E-state index < -0.39 is 15.4 Å². The molecule has 0 heterocycles. The van der Waals surface area contributed by atoms with Crippen molar-refractivity contribution in [3.63, 3.8) is 0 Å². The van der Waals surface area contributed by atoms with Crippen molar-refractivity contribution in [3.8, 4) is 5.75 Å². The van der Waals surface area contributed by atoms with E-state index in [1.165, 1.54) is 0 Å².